The fraction of sp³-hybridized carbons (Fsp3) is 0.583. The highest BCUT2D eigenvalue weighted by Gasteiger charge is 2.33. The lowest BCUT2D eigenvalue weighted by Gasteiger charge is -2.30. The zero-order valence-electron chi connectivity index (χ0n) is 20.3. The first-order valence-electron chi connectivity index (χ1n) is 11.9. The van der Waals surface area contributed by atoms with Crippen LogP contribution in [0.5, 0.6) is 0 Å². The van der Waals surface area contributed by atoms with Crippen LogP contribution in [0.3, 0.4) is 0 Å². The number of nitrogens with zero attached hydrogens (tertiary/aromatic N) is 3. The topological polar surface area (TPSA) is 91.8 Å². The molecule has 0 radical (unpaired) electrons. The minimum Gasteiger partial charge on any atom is -0.447 e. The third-order valence-electron chi connectivity index (χ3n) is 6.44. The average Bonchev–Trinajstić information content (AvgIpc) is 3.21. The molecule has 1 N–H and O–H groups in total. The monoisotopic (exact) mass is 506 g/mol. The Morgan fingerprint density at radius 3 is 2.50 bits per heavy atom. The predicted octanol–water partition coefficient (Wildman–Crippen LogP) is 4.43. The van der Waals surface area contributed by atoms with E-state index in [2.05, 4.69) is 10.3 Å². The van der Waals surface area contributed by atoms with Gasteiger partial charge in [0, 0.05) is 56.6 Å². The number of anilines is 1. The molecule has 0 atom stereocenters. The van der Waals surface area contributed by atoms with Crippen molar-refractivity contribution in [3.63, 3.8) is 0 Å². The highest BCUT2D eigenvalue weighted by atomic mass is 32.2. The minimum absolute atomic E-state index is 0.119. The van der Waals surface area contributed by atoms with Gasteiger partial charge >= 0.3 is 6.09 Å². The van der Waals surface area contributed by atoms with E-state index < -0.39 is 10.0 Å². The van der Waals surface area contributed by atoms with E-state index in [0.717, 1.165) is 47.7 Å². The van der Waals surface area contributed by atoms with E-state index in [-0.39, 0.29) is 18.2 Å². The Labute approximate surface area is 206 Å². The molecule has 2 aromatic rings. The van der Waals surface area contributed by atoms with Gasteiger partial charge in [-0.25, -0.2) is 18.2 Å². The van der Waals surface area contributed by atoms with Crippen molar-refractivity contribution in [2.75, 3.05) is 32.1 Å². The van der Waals surface area contributed by atoms with Crippen molar-refractivity contribution in [3.05, 3.63) is 29.4 Å². The Morgan fingerprint density at radius 1 is 1.21 bits per heavy atom. The van der Waals surface area contributed by atoms with Crippen molar-refractivity contribution in [3.8, 4) is 10.4 Å². The van der Waals surface area contributed by atoms with E-state index in [1.807, 2.05) is 51.2 Å². The van der Waals surface area contributed by atoms with Gasteiger partial charge in [-0.15, -0.1) is 11.3 Å². The maximum atomic E-state index is 13.3. The second-order valence-corrected chi connectivity index (χ2v) is 12.5. The van der Waals surface area contributed by atoms with Gasteiger partial charge in [0.1, 0.15) is 0 Å². The van der Waals surface area contributed by atoms with Gasteiger partial charge in [0.05, 0.1) is 20.9 Å². The number of benzene rings is 1. The first-order chi connectivity index (χ1) is 16.1. The number of ether oxygens (including phenoxy) is 1. The van der Waals surface area contributed by atoms with Crippen LogP contribution in [0.15, 0.2) is 29.3 Å². The Morgan fingerprint density at radius 2 is 1.91 bits per heavy atom. The summed E-state index contributed by atoms with van der Waals surface area (Å²) in [7, 11) is 0.274. The summed E-state index contributed by atoms with van der Waals surface area (Å²) in [5, 5.41) is 3.99. The Hall–Kier alpha value is -2.17. The number of nitrogens with one attached hydrogen (secondary N) is 1. The molecule has 4 rings (SSSR count). The third-order valence-corrected chi connectivity index (χ3v) is 9.58. The maximum absolute atomic E-state index is 13.3. The highest BCUT2D eigenvalue weighted by molar-refractivity contribution is 7.89. The lowest BCUT2D eigenvalue weighted by molar-refractivity contribution is 0.109. The van der Waals surface area contributed by atoms with Crippen LogP contribution >= 0.6 is 11.3 Å². The van der Waals surface area contributed by atoms with Gasteiger partial charge in [-0.3, -0.25) is 0 Å². The zero-order valence-corrected chi connectivity index (χ0v) is 21.9. The molecule has 1 aliphatic carbocycles. The molecule has 186 valence electrons. The van der Waals surface area contributed by atoms with Crippen LogP contribution < -0.4 is 10.2 Å². The minimum atomic E-state index is -3.55. The summed E-state index contributed by atoms with van der Waals surface area (Å²) < 4.78 is 33.4. The molecule has 10 heteroatoms. The number of hydrogen-bond donors (Lipinski definition) is 1. The molecule has 1 saturated heterocycles. The third kappa shape index (κ3) is 5.39. The molecule has 34 heavy (non-hydrogen) atoms. The van der Waals surface area contributed by atoms with Crippen LogP contribution in [0.2, 0.25) is 0 Å². The largest absolute Gasteiger partial charge is 0.447 e. The molecule has 2 aliphatic rings. The van der Waals surface area contributed by atoms with Gasteiger partial charge in [0.25, 0.3) is 0 Å². The average molecular weight is 507 g/mol. The lowest BCUT2D eigenvalue weighted by Crippen LogP contribution is -2.42. The number of rotatable bonds is 7. The molecule has 1 aliphatic heterocycles. The quantitative estimate of drug-likeness (QED) is 0.597. The van der Waals surface area contributed by atoms with Crippen LogP contribution in [-0.4, -0.2) is 63.1 Å². The zero-order chi connectivity index (χ0) is 24.5. The van der Waals surface area contributed by atoms with Crippen molar-refractivity contribution in [1.29, 1.82) is 0 Å². The van der Waals surface area contributed by atoms with Gasteiger partial charge in [-0.2, -0.15) is 4.31 Å². The molecule has 0 unspecified atom stereocenters. The molecule has 2 heterocycles. The van der Waals surface area contributed by atoms with Crippen molar-refractivity contribution >= 4 is 33.1 Å². The van der Waals surface area contributed by atoms with Crippen LogP contribution in [0, 0.1) is 0 Å². The summed E-state index contributed by atoms with van der Waals surface area (Å²) in [6, 6.07) is 5.75. The number of amides is 1. The second-order valence-electron chi connectivity index (χ2n) is 9.54. The molecule has 2 fully saturated rings. The molecule has 1 aromatic carbocycles. The molecule has 8 nitrogen and oxygen atoms in total. The molecule has 0 spiro atoms. The standard InChI is InChI=1S/C24H34N4O4S2/c1-16(2)32-24(29)26-18-8-6-17(7-9-18)23-25-15-21(33-23)20-11-10-19(27(3)4)14-22(20)34(30,31)28-12-5-13-28/h10-11,14-18H,5-9,12-13H2,1-4H3,(H,26,29). The molecular formula is C24H34N4O4S2. The molecule has 1 aromatic heterocycles. The molecule has 0 bridgehead atoms. The summed E-state index contributed by atoms with van der Waals surface area (Å²) in [6.07, 6.45) is 5.83. The van der Waals surface area contributed by atoms with E-state index >= 15 is 0 Å². The number of alkyl carbamates (subject to hydrolysis) is 1. The molecular weight excluding hydrogens is 472 g/mol. The SMILES string of the molecule is CC(C)OC(=O)NC1CCC(c2ncc(-c3ccc(N(C)C)cc3S(=O)(=O)N3CCC3)s2)CC1. The summed E-state index contributed by atoms with van der Waals surface area (Å²) in [6.45, 7) is 4.82. The lowest BCUT2D eigenvalue weighted by atomic mass is 9.86. The van der Waals surface area contributed by atoms with E-state index in [4.69, 9.17) is 4.74 Å². The van der Waals surface area contributed by atoms with Crippen LogP contribution in [-0.2, 0) is 14.8 Å². The Bertz CT molecular complexity index is 1120. The number of carbonyl (C=O) groups excluding carboxylic acids is 1. The van der Waals surface area contributed by atoms with Gasteiger partial charge in [0.15, 0.2) is 0 Å². The summed E-state index contributed by atoms with van der Waals surface area (Å²) in [5.41, 5.74) is 1.57. The van der Waals surface area contributed by atoms with Gasteiger partial charge in [-0.1, -0.05) is 6.07 Å². The second kappa shape index (κ2) is 10.2. The normalized spacial score (nSPS) is 21.2. The fourth-order valence-electron chi connectivity index (χ4n) is 4.37. The van der Waals surface area contributed by atoms with Gasteiger partial charge in [0.2, 0.25) is 10.0 Å². The van der Waals surface area contributed by atoms with E-state index in [1.165, 1.54) is 0 Å². The maximum Gasteiger partial charge on any atom is 0.407 e. The van der Waals surface area contributed by atoms with E-state index in [0.29, 0.717) is 29.5 Å². The van der Waals surface area contributed by atoms with Crippen molar-refractivity contribution < 1.29 is 17.9 Å². The number of aromatic nitrogens is 1. The summed E-state index contributed by atoms with van der Waals surface area (Å²) >= 11 is 1.58. The first kappa shape index (κ1) is 24.9. The number of carbonyl (C=O) groups is 1. The number of hydrogen-bond acceptors (Lipinski definition) is 7. The van der Waals surface area contributed by atoms with Crippen molar-refractivity contribution in [2.45, 2.75) is 68.9 Å². The summed E-state index contributed by atoms with van der Waals surface area (Å²) in [4.78, 5) is 19.7. The van der Waals surface area contributed by atoms with Crippen LogP contribution in [0.4, 0.5) is 10.5 Å². The summed E-state index contributed by atoms with van der Waals surface area (Å²) in [5.74, 6) is 0.314. The van der Waals surface area contributed by atoms with Crippen LogP contribution in [0.1, 0.15) is 56.9 Å². The fourth-order valence-corrected chi connectivity index (χ4v) is 7.31. The number of sulfonamides is 1. The van der Waals surface area contributed by atoms with Crippen molar-refractivity contribution in [2.24, 2.45) is 0 Å². The predicted molar refractivity (Wildman–Crippen MR) is 135 cm³/mol. The molecule has 1 amide bonds. The Balaban J connectivity index is 1.51. The van der Waals surface area contributed by atoms with Crippen molar-refractivity contribution in [1.82, 2.24) is 14.6 Å². The van der Waals surface area contributed by atoms with Gasteiger partial charge < -0.3 is 15.0 Å². The van der Waals surface area contributed by atoms with E-state index in [1.54, 1.807) is 21.7 Å². The molecule has 1 saturated carbocycles. The Kier molecular flexibility index (Phi) is 7.49. The van der Waals surface area contributed by atoms with E-state index in [9.17, 15) is 13.2 Å². The van der Waals surface area contributed by atoms with Crippen LogP contribution in [0.25, 0.3) is 10.4 Å². The first-order valence-corrected chi connectivity index (χ1v) is 14.2. The highest BCUT2D eigenvalue weighted by Crippen LogP contribution is 2.41. The number of thiazole rings is 1. The van der Waals surface area contributed by atoms with Gasteiger partial charge in [-0.05, 0) is 58.1 Å². The smallest absolute Gasteiger partial charge is 0.407 e.